The number of hydrogen-bond donors (Lipinski definition) is 1. The van der Waals surface area contributed by atoms with Crippen LogP contribution in [0.5, 0.6) is 0 Å². The standard InChI is InChI=1S/C12H22N2O5S/c1-13-3-4-19-11(6-13)7-14(8-12(15)16)10-2-5-20(17,18)9-10/h10-11H,2-9H2,1H3,(H,15,16). The van der Waals surface area contributed by atoms with Gasteiger partial charge in [0.05, 0.1) is 30.8 Å². The largest absolute Gasteiger partial charge is 0.480 e. The molecule has 20 heavy (non-hydrogen) atoms. The van der Waals surface area contributed by atoms with Crippen LogP contribution < -0.4 is 0 Å². The predicted molar refractivity (Wildman–Crippen MR) is 73.5 cm³/mol. The molecule has 0 bridgehead atoms. The summed E-state index contributed by atoms with van der Waals surface area (Å²) in [6, 6.07) is -0.202. The normalized spacial score (nSPS) is 30.7. The summed E-state index contributed by atoms with van der Waals surface area (Å²) in [5.41, 5.74) is 0. The Kier molecular flexibility index (Phi) is 5.00. The number of carbonyl (C=O) groups is 1. The lowest BCUT2D eigenvalue weighted by molar-refractivity contribution is -0.139. The van der Waals surface area contributed by atoms with Gasteiger partial charge in [-0.15, -0.1) is 0 Å². The van der Waals surface area contributed by atoms with E-state index in [0.29, 0.717) is 19.6 Å². The lowest BCUT2D eigenvalue weighted by Crippen LogP contribution is -2.50. The molecular weight excluding hydrogens is 284 g/mol. The Hall–Kier alpha value is -0.700. The van der Waals surface area contributed by atoms with E-state index in [1.165, 1.54) is 0 Å². The van der Waals surface area contributed by atoms with Crippen molar-refractivity contribution in [3.63, 3.8) is 0 Å². The van der Waals surface area contributed by atoms with Crippen molar-refractivity contribution < 1.29 is 23.1 Å². The lowest BCUT2D eigenvalue weighted by Gasteiger charge is -2.35. The summed E-state index contributed by atoms with van der Waals surface area (Å²) in [5, 5.41) is 9.01. The fraction of sp³-hybridized carbons (Fsp3) is 0.917. The Balaban J connectivity index is 1.98. The topological polar surface area (TPSA) is 87.2 Å². The van der Waals surface area contributed by atoms with Crippen LogP contribution in [0.1, 0.15) is 6.42 Å². The zero-order valence-corrected chi connectivity index (χ0v) is 12.5. The highest BCUT2D eigenvalue weighted by molar-refractivity contribution is 7.91. The van der Waals surface area contributed by atoms with Crippen molar-refractivity contribution in [1.82, 2.24) is 9.80 Å². The Labute approximate surface area is 119 Å². The van der Waals surface area contributed by atoms with Gasteiger partial charge >= 0.3 is 5.97 Å². The maximum absolute atomic E-state index is 11.6. The van der Waals surface area contributed by atoms with Crippen LogP contribution in [0.3, 0.4) is 0 Å². The molecule has 2 heterocycles. The number of rotatable bonds is 5. The van der Waals surface area contributed by atoms with Gasteiger partial charge in [-0.1, -0.05) is 0 Å². The molecule has 2 rings (SSSR count). The van der Waals surface area contributed by atoms with E-state index in [4.69, 9.17) is 9.84 Å². The molecule has 2 fully saturated rings. The zero-order chi connectivity index (χ0) is 14.8. The molecule has 8 heteroatoms. The van der Waals surface area contributed by atoms with Crippen molar-refractivity contribution in [2.45, 2.75) is 18.6 Å². The van der Waals surface area contributed by atoms with Gasteiger partial charge in [0.15, 0.2) is 9.84 Å². The van der Waals surface area contributed by atoms with Crippen molar-refractivity contribution >= 4 is 15.8 Å². The predicted octanol–water partition coefficient (Wildman–Crippen LogP) is -1.11. The second-order valence-electron chi connectivity index (χ2n) is 5.64. The minimum atomic E-state index is -3.01. The number of sulfone groups is 1. The van der Waals surface area contributed by atoms with Gasteiger partial charge in [0, 0.05) is 25.7 Å². The molecule has 7 nitrogen and oxygen atoms in total. The van der Waals surface area contributed by atoms with E-state index in [1.807, 2.05) is 7.05 Å². The van der Waals surface area contributed by atoms with Gasteiger partial charge in [-0.2, -0.15) is 0 Å². The van der Waals surface area contributed by atoms with E-state index in [2.05, 4.69) is 4.90 Å². The number of nitrogens with zero attached hydrogens (tertiary/aromatic N) is 2. The third-order valence-electron chi connectivity index (χ3n) is 3.84. The van der Waals surface area contributed by atoms with Crippen LogP contribution in [0.25, 0.3) is 0 Å². The molecule has 2 unspecified atom stereocenters. The Morgan fingerprint density at radius 1 is 1.50 bits per heavy atom. The molecule has 2 aliphatic rings. The molecule has 0 spiro atoms. The van der Waals surface area contributed by atoms with Gasteiger partial charge in [0.2, 0.25) is 0 Å². The first-order chi connectivity index (χ1) is 9.35. The Bertz CT molecular complexity index is 453. The van der Waals surface area contributed by atoms with Crippen molar-refractivity contribution in [3.8, 4) is 0 Å². The highest BCUT2D eigenvalue weighted by atomic mass is 32.2. The summed E-state index contributed by atoms with van der Waals surface area (Å²) in [6.45, 7) is 2.58. The molecule has 0 amide bonds. The summed E-state index contributed by atoms with van der Waals surface area (Å²) >= 11 is 0. The third-order valence-corrected chi connectivity index (χ3v) is 5.59. The molecular formula is C12H22N2O5S. The average Bonchev–Trinajstić information content (AvgIpc) is 2.68. The summed E-state index contributed by atoms with van der Waals surface area (Å²) in [4.78, 5) is 14.9. The van der Waals surface area contributed by atoms with Gasteiger partial charge in [-0.25, -0.2) is 8.42 Å². The minimum Gasteiger partial charge on any atom is -0.480 e. The molecule has 1 N–H and O–H groups in total. The summed E-state index contributed by atoms with van der Waals surface area (Å²) < 4.78 is 28.8. The smallest absolute Gasteiger partial charge is 0.317 e. The molecule has 0 aromatic rings. The molecule has 0 aromatic carbocycles. The van der Waals surface area contributed by atoms with Crippen LogP contribution in [0.2, 0.25) is 0 Å². The van der Waals surface area contributed by atoms with E-state index in [9.17, 15) is 13.2 Å². The second-order valence-corrected chi connectivity index (χ2v) is 7.86. The van der Waals surface area contributed by atoms with E-state index in [0.717, 1.165) is 13.1 Å². The van der Waals surface area contributed by atoms with Crippen molar-refractivity contribution in [2.24, 2.45) is 0 Å². The quantitative estimate of drug-likeness (QED) is 0.689. The Morgan fingerprint density at radius 3 is 2.80 bits per heavy atom. The zero-order valence-electron chi connectivity index (χ0n) is 11.7. The van der Waals surface area contributed by atoms with Crippen molar-refractivity contribution in [2.75, 3.05) is 51.3 Å². The van der Waals surface area contributed by atoms with E-state index >= 15 is 0 Å². The first kappa shape index (κ1) is 15.7. The molecule has 0 aliphatic carbocycles. The van der Waals surface area contributed by atoms with Crippen molar-refractivity contribution in [3.05, 3.63) is 0 Å². The first-order valence-corrected chi connectivity index (χ1v) is 8.64. The highest BCUT2D eigenvalue weighted by Crippen LogP contribution is 2.19. The van der Waals surface area contributed by atoms with Gasteiger partial charge in [0.1, 0.15) is 0 Å². The fourth-order valence-corrected chi connectivity index (χ4v) is 4.58. The number of morpholine rings is 1. The first-order valence-electron chi connectivity index (χ1n) is 6.82. The molecule has 2 atom stereocenters. The molecule has 2 aliphatic heterocycles. The lowest BCUT2D eigenvalue weighted by atomic mass is 10.2. The summed E-state index contributed by atoms with van der Waals surface area (Å²) in [7, 11) is -1.02. The van der Waals surface area contributed by atoms with E-state index in [-0.39, 0.29) is 30.2 Å². The molecule has 0 aromatic heterocycles. The van der Waals surface area contributed by atoms with Crippen LogP contribution in [-0.4, -0.2) is 92.8 Å². The number of carboxylic acids is 1. The average molecular weight is 306 g/mol. The number of hydrogen-bond acceptors (Lipinski definition) is 6. The maximum atomic E-state index is 11.6. The minimum absolute atomic E-state index is 0.0584. The fourth-order valence-electron chi connectivity index (χ4n) is 2.82. The summed E-state index contributed by atoms with van der Waals surface area (Å²) in [6.07, 6.45) is 0.453. The monoisotopic (exact) mass is 306 g/mol. The van der Waals surface area contributed by atoms with Crippen LogP contribution in [0.15, 0.2) is 0 Å². The number of ether oxygens (including phenoxy) is 1. The molecule has 116 valence electrons. The highest BCUT2D eigenvalue weighted by Gasteiger charge is 2.34. The van der Waals surface area contributed by atoms with Gasteiger partial charge in [-0.3, -0.25) is 9.69 Å². The van der Waals surface area contributed by atoms with Crippen LogP contribution in [0.4, 0.5) is 0 Å². The second kappa shape index (κ2) is 6.38. The third kappa shape index (κ3) is 4.41. The number of carboxylic acid groups (broad SMARTS) is 1. The maximum Gasteiger partial charge on any atom is 0.317 e. The van der Waals surface area contributed by atoms with Crippen LogP contribution >= 0.6 is 0 Å². The van der Waals surface area contributed by atoms with Gasteiger partial charge in [0.25, 0.3) is 0 Å². The summed E-state index contributed by atoms with van der Waals surface area (Å²) in [5.74, 6) is -0.722. The SMILES string of the molecule is CN1CCOC(CN(CC(=O)O)C2CCS(=O)(=O)C2)C1. The number of likely N-dealkylation sites (N-methyl/N-ethyl adjacent to an activating group) is 1. The Morgan fingerprint density at radius 2 is 2.25 bits per heavy atom. The molecule has 0 radical (unpaired) electrons. The van der Waals surface area contributed by atoms with Crippen molar-refractivity contribution in [1.29, 1.82) is 0 Å². The van der Waals surface area contributed by atoms with E-state index < -0.39 is 15.8 Å². The van der Waals surface area contributed by atoms with Crippen LogP contribution in [-0.2, 0) is 19.4 Å². The van der Waals surface area contributed by atoms with Gasteiger partial charge < -0.3 is 14.7 Å². The van der Waals surface area contributed by atoms with Crippen LogP contribution in [0, 0.1) is 0 Å². The number of aliphatic carboxylic acids is 1. The van der Waals surface area contributed by atoms with Gasteiger partial charge in [-0.05, 0) is 13.5 Å². The molecule has 0 saturated carbocycles. The molecule has 2 saturated heterocycles. The van der Waals surface area contributed by atoms with E-state index in [1.54, 1.807) is 4.90 Å².